The maximum atomic E-state index is 10.4. The highest BCUT2D eigenvalue weighted by Crippen LogP contribution is 2.29. The molecule has 2 aliphatic rings. The number of hydrogen-bond acceptors (Lipinski definition) is 3. The summed E-state index contributed by atoms with van der Waals surface area (Å²) in [5.74, 6) is 1.67. The Labute approximate surface area is 105 Å². The third-order valence-corrected chi connectivity index (χ3v) is 4.74. The van der Waals surface area contributed by atoms with Gasteiger partial charge < -0.3 is 15.2 Å². The van der Waals surface area contributed by atoms with Crippen LogP contribution in [0.1, 0.15) is 46.0 Å². The third kappa shape index (κ3) is 3.67. The van der Waals surface area contributed by atoms with Gasteiger partial charge in [0.25, 0.3) is 0 Å². The van der Waals surface area contributed by atoms with E-state index in [1.165, 1.54) is 19.3 Å². The van der Waals surface area contributed by atoms with Gasteiger partial charge in [0.1, 0.15) is 0 Å². The zero-order valence-corrected chi connectivity index (χ0v) is 11.2. The Morgan fingerprint density at radius 2 is 1.88 bits per heavy atom. The van der Waals surface area contributed by atoms with Gasteiger partial charge in [0.2, 0.25) is 0 Å². The average Bonchev–Trinajstić information content (AvgIpc) is 2.32. The maximum Gasteiger partial charge on any atom is 0.0815 e. The van der Waals surface area contributed by atoms with Crippen LogP contribution in [-0.4, -0.2) is 36.5 Å². The molecule has 3 atom stereocenters. The van der Waals surface area contributed by atoms with Crippen LogP contribution in [0.5, 0.6) is 0 Å². The van der Waals surface area contributed by atoms with Crippen molar-refractivity contribution in [1.29, 1.82) is 0 Å². The van der Waals surface area contributed by atoms with Crippen molar-refractivity contribution in [3.63, 3.8) is 0 Å². The molecule has 3 heteroatoms. The molecule has 100 valence electrons. The molecule has 1 saturated heterocycles. The van der Waals surface area contributed by atoms with Gasteiger partial charge >= 0.3 is 0 Å². The zero-order chi connectivity index (χ0) is 12.3. The monoisotopic (exact) mass is 241 g/mol. The summed E-state index contributed by atoms with van der Waals surface area (Å²) in [6.07, 6.45) is 5.39. The van der Waals surface area contributed by atoms with Crippen molar-refractivity contribution in [3.05, 3.63) is 0 Å². The molecule has 0 radical (unpaired) electrons. The smallest absolute Gasteiger partial charge is 0.0815 e. The predicted molar refractivity (Wildman–Crippen MR) is 69.0 cm³/mol. The van der Waals surface area contributed by atoms with E-state index in [0.29, 0.717) is 19.3 Å². The van der Waals surface area contributed by atoms with Crippen LogP contribution in [0.15, 0.2) is 0 Å². The molecule has 0 bridgehead atoms. The van der Waals surface area contributed by atoms with E-state index in [4.69, 9.17) is 4.74 Å². The Bertz CT molecular complexity index is 238. The van der Waals surface area contributed by atoms with Crippen molar-refractivity contribution in [2.24, 2.45) is 11.8 Å². The van der Waals surface area contributed by atoms with Gasteiger partial charge in [-0.15, -0.1) is 0 Å². The number of rotatable bonds is 3. The number of nitrogens with one attached hydrogen (secondary N) is 1. The molecule has 0 spiro atoms. The molecule has 2 fully saturated rings. The predicted octanol–water partition coefficient (Wildman–Crippen LogP) is 1.94. The lowest BCUT2D eigenvalue weighted by Crippen LogP contribution is -2.49. The van der Waals surface area contributed by atoms with Crippen molar-refractivity contribution in [3.8, 4) is 0 Å². The van der Waals surface area contributed by atoms with Crippen LogP contribution >= 0.6 is 0 Å². The van der Waals surface area contributed by atoms with E-state index < -0.39 is 5.60 Å². The topological polar surface area (TPSA) is 41.5 Å². The minimum atomic E-state index is -0.523. The van der Waals surface area contributed by atoms with E-state index in [1.54, 1.807) is 0 Å². The van der Waals surface area contributed by atoms with Gasteiger partial charge in [0.15, 0.2) is 0 Å². The second-order valence-electron chi connectivity index (χ2n) is 6.18. The molecule has 0 aromatic carbocycles. The molecule has 17 heavy (non-hydrogen) atoms. The molecule has 2 N–H and O–H groups in total. The summed E-state index contributed by atoms with van der Waals surface area (Å²) in [7, 11) is 0. The lowest BCUT2D eigenvalue weighted by atomic mass is 9.79. The van der Waals surface area contributed by atoms with Crippen molar-refractivity contribution in [2.45, 2.75) is 57.6 Å². The molecular weight excluding hydrogens is 214 g/mol. The lowest BCUT2D eigenvalue weighted by Gasteiger charge is -2.37. The van der Waals surface area contributed by atoms with Crippen LogP contribution in [0.2, 0.25) is 0 Å². The quantitative estimate of drug-likeness (QED) is 0.793. The Kier molecular flexibility index (Phi) is 4.45. The Morgan fingerprint density at radius 3 is 2.53 bits per heavy atom. The Balaban J connectivity index is 1.74. The molecule has 3 unspecified atom stereocenters. The van der Waals surface area contributed by atoms with Gasteiger partial charge in [-0.3, -0.25) is 0 Å². The van der Waals surface area contributed by atoms with Crippen molar-refractivity contribution >= 4 is 0 Å². The van der Waals surface area contributed by atoms with Gasteiger partial charge in [-0.1, -0.05) is 13.8 Å². The second-order valence-corrected chi connectivity index (χ2v) is 6.18. The van der Waals surface area contributed by atoms with Gasteiger partial charge in [-0.2, -0.15) is 0 Å². The van der Waals surface area contributed by atoms with Crippen LogP contribution in [0.25, 0.3) is 0 Å². The fourth-order valence-electron chi connectivity index (χ4n) is 3.00. The SMILES string of the molecule is CC1CCC(NCC2(O)CCOCC2)CC1C. The first kappa shape index (κ1) is 13.3. The van der Waals surface area contributed by atoms with E-state index in [9.17, 15) is 5.11 Å². The summed E-state index contributed by atoms with van der Waals surface area (Å²) >= 11 is 0. The number of ether oxygens (including phenoxy) is 1. The van der Waals surface area contributed by atoms with Crippen LogP contribution in [0, 0.1) is 11.8 Å². The molecule has 0 amide bonds. The van der Waals surface area contributed by atoms with Crippen LogP contribution < -0.4 is 5.32 Å². The molecule has 3 nitrogen and oxygen atoms in total. The van der Waals surface area contributed by atoms with Crippen molar-refractivity contribution < 1.29 is 9.84 Å². The first-order chi connectivity index (χ1) is 8.09. The van der Waals surface area contributed by atoms with E-state index in [0.717, 1.165) is 31.2 Å². The van der Waals surface area contributed by atoms with E-state index in [-0.39, 0.29) is 0 Å². The summed E-state index contributed by atoms with van der Waals surface area (Å²) < 4.78 is 5.30. The van der Waals surface area contributed by atoms with Gasteiger partial charge in [0, 0.05) is 38.6 Å². The fraction of sp³-hybridized carbons (Fsp3) is 1.00. The lowest BCUT2D eigenvalue weighted by molar-refractivity contribution is -0.0636. The van der Waals surface area contributed by atoms with Crippen LogP contribution in [-0.2, 0) is 4.74 Å². The van der Waals surface area contributed by atoms with Crippen molar-refractivity contribution in [1.82, 2.24) is 5.32 Å². The largest absolute Gasteiger partial charge is 0.388 e. The molecule has 0 aromatic rings. The second kappa shape index (κ2) is 5.68. The van der Waals surface area contributed by atoms with Crippen LogP contribution in [0.4, 0.5) is 0 Å². The van der Waals surface area contributed by atoms with Crippen LogP contribution in [0.3, 0.4) is 0 Å². The Morgan fingerprint density at radius 1 is 1.18 bits per heavy atom. The molecule has 1 saturated carbocycles. The maximum absolute atomic E-state index is 10.4. The fourth-order valence-corrected chi connectivity index (χ4v) is 3.00. The summed E-state index contributed by atoms with van der Waals surface area (Å²) in [5.41, 5.74) is -0.523. The average molecular weight is 241 g/mol. The van der Waals surface area contributed by atoms with Gasteiger partial charge in [-0.25, -0.2) is 0 Å². The Hall–Kier alpha value is -0.120. The molecule has 2 rings (SSSR count). The first-order valence-corrected chi connectivity index (χ1v) is 7.12. The number of hydrogen-bond donors (Lipinski definition) is 2. The summed E-state index contributed by atoms with van der Waals surface area (Å²) in [6.45, 7) is 6.85. The highest BCUT2D eigenvalue weighted by molar-refractivity contribution is 4.87. The van der Waals surface area contributed by atoms with Gasteiger partial charge in [0.05, 0.1) is 5.60 Å². The van der Waals surface area contributed by atoms with E-state index >= 15 is 0 Å². The molecule has 0 aromatic heterocycles. The molecule has 1 aliphatic carbocycles. The molecule has 1 aliphatic heterocycles. The van der Waals surface area contributed by atoms with E-state index in [2.05, 4.69) is 19.2 Å². The normalized spacial score (nSPS) is 37.9. The number of aliphatic hydroxyl groups is 1. The molecular formula is C14H27NO2. The summed E-state index contributed by atoms with van der Waals surface area (Å²) in [5, 5.41) is 14.0. The van der Waals surface area contributed by atoms with Gasteiger partial charge in [-0.05, 0) is 31.1 Å². The first-order valence-electron chi connectivity index (χ1n) is 7.12. The highest BCUT2D eigenvalue weighted by Gasteiger charge is 2.31. The minimum Gasteiger partial charge on any atom is -0.388 e. The highest BCUT2D eigenvalue weighted by atomic mass is 16.5. The molecule has 1 heterocycles. The zero-order valence-electron chi connectivity index (χ0n) is 11.2. The third-order valence-electron chi connectivity index (χ3n) is 4.74. The minimum absolute atomic E-state index is 0.523. The standard InChI is InChI=1S/C14H27NO2/c1-11-3-4-13(9-12(11)2)15-10-14(16)5-7-17-8-6-14/h11-13,15-16H,3-10H2,1-2H3. The summed E-state index contributed by atoms with van der Waals surface area (Å²) in [4.78, 5) is 0. The van der Waals surface area contributed by atoms with Crippen molar-refractivity contribution in [2.75, 3.05) is 19.8 Å². The summed E-state index contributed by atoms with van der Waals surface area (Å²) in [6, 6.07) is 0.605. The van der Waals surface area contributed by atoms with E-state index in [1.807, 2.05) is 0 Å².